The van der Waals surface area contributed by atoms with Gasteiger partial charge in [-0.3, -0.25) is 0 Å². The van der Waals surface area contributed by atoms with E-state index in [9.17, 15) is 5.11 Å². The number of aromatic nitrogens is 2. The average molecular weight is 396 g/mol. The minimum atomic E-state index is -1.07. The van der Waals surface area contributed by atoms with Gasteiger partial charge in [-0.25, -0.2) is 9.67 Å². The summed E-state index contributed by atoms with van der Waals surface area (Å²) in [6.45, 7) is 9.07. The van der Waals surface area contributed by atoms with Crippen molar-refractivity contribution in [2.45, 2.75) is 39.8 Å². The van der Waals surface area contributed by atoms with Crippen LogP contribution in [0.5, 0.6) is 0 Å². The number of aryl methyl sites for hydroxylation is 2. The van der Waals surface area contributed by atoms with Gasteiger partial charge in [-0.05, 0) is 57.5 Å². The zero-order valence-electron chi connectivity index (χ0n) is 17.4. The molecule has 3 rings (SSSR count). The van der Waals surface area contributed by atoms with Crippen molar-refractivity contribution in [1.29, 1.82) is 0 Å². The Bertz CT molecular complexity index is 958. The van der Waals surface area contributed by atoms with Gasteiger partial charge in [0.05, 0.1) is 18.8 Å². The molecule has 2 heterocycles. The second-order valence-corrected chi connectivity index (χ2v) is 7.27. The lowest BCUT2D eigenvalue weighted by molar-refractivity contribution is 0.0601. The molecule has 29 heavy (non-hydrogen) atoms. The summed E-state index contributed by atoms with van der Waals surface area (Å²) < 4.78 is 7.38. The van der Waals surface area contributed by atoms with Crippen LogP contribution in [0.1, 0.15) is 36.5 Å². The monoisotopic (exact) mass is 395 g/mol. The minimum Gasteiger partial charge on any atom is -0.466 e. The van der Waals surface area contributed by atoms with Gasteiger partial charge in [-0.2, -0.15) is 5.10 Å². The summed E-state index contributed by atoms with van der Waals surface area (Å²) in [5.74, 6) is 2.16. The van der Waals surface area contributed by atoms with E-state index in [1.807, 2.05) is 62.0 Å². The summed E-state index contributed by atoms with van der Waals surface area (Å²) >= 11 is 0. The van der Waals surface area contributed by atoms with Crippen LogP contribution in [0.3, 0.4) is 0 Å². The first-order valence-electron chi connectivity index (χ1n) is 9.80. The number of aliphatic hydroxyl groups is 1. The van der Waals surface area contributed by atoms with E-state index in [4.69, 9.17) is 4.42 Å². The van der Waals surface area contributed by atoms with Gasteiger partial charge in [0.25, 0.3) is 0 Å². The first-order chi connectivity index (χ1) is 13.9. The average Bonchev–Trinajstić information content (AvgIpc) is 3.34. The molecule has 1 aromatic carbocycles. The summed E-state index contributed by atoms with van der Waals surface area (Å²) in [6.07, 6.45) is 3.67. The molecule has 0 aliphatic heterocycles. The molecule has 1 atom stereocenters. The second-order valence-electron chi connectivity index (χ2n) is 7.27. The van der Waals surface area contributed by atoms with Gasteiger partial charge < -0.3 is 20.2 Å². The number of rotatable bonds is 7. The number of guanidine groups is 1. The maximum atomic E-state index is 10.9. The van der Waals surface area contributed by atoms with Gasteiger partial charge in [0.15, 0.2) is 5.96 Å². The second kappa shape index (κ2) is 8.96. The lowest BCUT2D eigenvalue weighted by Gasteiger charge is -2.24. The predicted octanol–water partition coefficient (Wildman–Crippen LogP) is 3.04. The normalized spacial score (nSPS) is 13.9. The largest absolute Gasteiger partial charge is 0.466 e. The molecule has 0 aliphatic rings. The SMILES string of the molecule is CCNC(=NCc1cccc(-n2cccn2)c1)NCC(C)(O)c1cc(C)oc1C. The van der Waals surface area contributed by atoms with Gasteiger partial charge in [0.1, 0.15) is 17.1 Å². The molecule has 0 amide bonds. The van der Waals surface area contributed by atoms with Crippen molar-refractivity contribution in [3.8, 4) is 5.69 Å². The van der Waals surface area contributed by atoms with E-state index < -0.39 is 5.60 Å². The highest BCUT2D eigenvalue weighted by molar-refractivity contribution is 5.79. The Labute approximate surface area is 171 Å². The molecule has 7 nitrogen and oxygen atoms in total. The van der Waals surface area contributed by atoms with E-state index in [1.54, 1.807) is 13.1 Å². The van der Waals surface area contributed by atoms with Crippen molar-refractivity contribution >= 4 is 5.96 Å². The third-order valence-corrected chi connectivity index (χ3v) is 4.66. The van der Waals surface area contributed by atoms with Crippen molar-refractivity contribution < 1.29 is 9.52 Å². The lowest BCUT2D eigenvalue weighted by atomic mass is 9.96. The molecule has 1 unspecified atom stereocenters. The van der Waals surface area contributed by atoms with Crippen molar-refractivity contribution in [2.24, 2.45) is 4.99 Å². The van der Waals surface area contributed by atoms with Crippen LogP contribution in [0.15, 0.2) is 58.2 Å². The van der Waals surface area contributed by atoms with Gasteiger partial charge in [0.2, 0.25) is 0 Å². The van der Waals surface area contributed by atoms with Crippen molar-refractivity contribution in [3.63, 3.8) is 0 Å². The highest BCUT2D eigenvalue weighted by Crippen LogP contribution is 2.26. The maximum Gasteiger partial charge on any atom is 0.191 e. The number of nitrogens with zero attached hydrogens (tertiary/aromatic N) is 3. The molecule has 0 radical (unpaired) electrons. The number of benzene rings is 1. The molecule has 0 fully saturated rings. The molecule has 0 spiro atoms. The van der Waals surface area contributed by atoms with Gasteiger partial charge >= 0.3 is 0 Å². The Balaban J connectivity index is 1.69. The summed E-state index contributed by atoms with van der Waals surface area (Å²) in [4.78, 5) is 4.66. The molecule has 0 saturated heterocycles. The lowest BCUT2D eigenvalue weighted by Crippen LogP contribution is -2.44. The van der Waals surface area contributed by atoms with Crippen LogP contribution in [0.25, 0.3) is 5.69 Å². The number of hydrogen-bond donors (Lipinski definition) is 3. The zero-order chi connectivity index (χ0) is 20.9. The van der Waals surface area contributed by atoms with Crippen LogP contribution in [-0.2, 0) is 12.1 Å². The first kappa shape index (κ1) is 20.7. The van der Waals surface area contributed by atoms with Crippen LogP contribution in [-0.4, -0.2) is 33.9 Å². The Morgan fingerprint density at radius 3 is 2.72 bits per heavy atom. The highest BCUT2D eigenvalue weighted by atomic mass is 16.3. The summed E-state index contributed by atoms with van der Waals surface area (Å²) in [5.41, 5.74) is 1.78. The van der Waals surface area contributed by atoms with Crippen LogP contribution in [0.4, 0.5) is 0 Å². The Morgan fingerprint density at radius 2 is 2.07 bits per heavy atom. The maximum absolute atomic E-state index is 10.9. The third kappa shape index (κ3) is 5.26. The number of nitrogens with one attached hydrogen (secondary N) is 2. The van der Waals surface area contributed by atoms with E-state index in [2.05, 4.69) is 26.8 Å². The van der Waals surface area contributed by atoms with Crippen LogP contribution in [0, 0.1) is 13.8 Å². The smallest absolute Gasteiger partial charge is 0.191 e. The minimum absolute atomic E-state index is 0.311. The first-order valence-corrected chi connectivity index (χ1v) is 9.80. The van der Waals surface area contributed by atoms with Gasteiger partial charge in [0, 0.05) is 24.5 Å². The molecular formula is C22H29N5O2. The fourth-order valence-corrected chi connectivity index (χ4v) is 3.25. The fraction of sp³-hybridized carbons (Fsp3) is 0.364. The standard InChI is InChI=1S/C22H29N5O2/c1-5-23-21(25-15-22(4,28)20-12-16(2)29-17(20)3)24-14-18-8-6-9-19(13-18)27-11-7-10-26-27/h6-13,28H,5,14-15H2,1-4H3,(H2,23,24,25). The van der Waals surface area contributed by atoms with E-state index >= 15 is 0 Å². The summed E-state index contributed by atoms with van der Waals surface area (Å²) in [7, 11) is 0. The Morgan fingerprint density at radius 1 is 1.24 bits per heavy atom. The van der Waals surface area contributed by atoms with E-state index in [1.165, 1.54) is 0 Å². The van der Waals surface area contributed by atoms with Crippen LogP contribution >= 0.6 is 0 Å². The molecular weight excluding hydrogens is 366 g/mol. The van der Waals surface area contributed by atoms with E-state index in [0.717, 1.165) is 34.9 Å². The zero-order valence-corrected chi connectivity index (χ0v) is 17.4. The Hall–Kier alpha value is -3.06. The predicted molar refractivity (Wildman–Crippen MR) is 114 cm³/mol. The van der Waals surface area contributed by atoms with Gasteiger partial charge in [-0.15, -0.1) is 0 Å². The number of furan rings is 1. The van der Waals surface area contributed by atoms with E-state index in [-0.39, 0.29) is 0 Å². The molecule has 2 aromatic heterocycles. The summed E-state index contributed by atoms with van der Waals surface area (Å²) in [6, 6.07) is 11.9. The Kier molecular flexibility index (Phi) is 6.39. The molecule has 7 heteroatoms. The van der Waals surface area contributed by atoms with E-state index in [0.29, 0.717) is 19.0 Å². The van der Waals surface area contributed by atoms with Crippen molar-refractivity contribution in [1.82, 2.24) is 20.4 Å². The summed E-state index contributed by atoms with van der Waals surface area (Å²) in [5, 5.41) is 21.6. The molecule has 3 N–H and O–H groups in total. The fourth-order valence-electron chi connectivity index (χ4n) is 3.25. The highest BCUT2D eigenvalue weighted by Gasteiger charge is 2.27. The molecule has 0 saturated carbocycles. The molecule has 0 bridgehead atoms. The van der Waals surface area contributed by atoms with Crippen LogP contribution in [0.2, 0.25) is 0 Å². The van der Waals surface area contributed by atoms with Crippen molar-refractivity contribution in [2.75, 3.05) is 13.1 Å². The number of hydrogen-bond acceptors (Lipinski definition) is 4. The molecule has 154 valence electrons. The van der Waals surface area contributed by atoms with Crippen LogP contribution < -0.4 is 10.6 Å². The topological polar surface area (TPSA) is 87.6 Å². The molecule has 0 aliphatic carbocycles. The molecule has 3 aromatic rings. The van der Waals surface area contributed by atoms with Gasteiger partial charge in [-0.1, -0.05) is 12.1 Å². The third-order valence-electron chi connectivity index (χ3n) is 4.66. The number of aliphatic imine (C=N–C) groups is 1. The van der Waals surface area contributed by atoms with Crippen molar-refractivity contribution in [3.05, 3.63) is 71.4 Å². The quantitative estimate of drug-likeness (QED) is 0.423.